The smallest absolute Gasteiger partial charge is 0.177 e. The average Bonchev–Trinajstić information content (AvgIpc) is 2.33. The number of ether oxygens (including phenoxy) is 2. The van der Waals surface area contributed by atoms with Gasteiger partial charge in [0.25, 0.3) is 0 Å². The van der Waals surface area contributed by atoms with E-state index in [2.05, 4.69) is 40.4 Å². The molecule has 0 aliphatic heterocycles. The lowest BCUT2D eigenvalue weighted by molar-refractivity contribution is -0.104. The maximum atomic E-state index is 5.52. The van der Waals surface area contributed by atoms with Gasteiger partial charge < -0.3 is 9.47 Å². The average molecular weight is 347 g/mol. The molecule has 0 spiro atoms. The second kappa shape index (κ2) is 10.6. The highest BCUT2D eigenvalue weighted by atomic mass is 79.9. The molecule has 0 bridgehead atoms. The van der Waals surface area contributed by atoms with E-state index in [1.807, 2.05) is 19.9 Å². The van der Waals surface area contributed by atoms with Crippen molar-refractivity contribution in [2.45, 2.75) is 33.5 Å². The first-order chi connectivity index (χ1) is 8.67. The van der Waals surface area contributed by atoms with Gasteiger partial charge in [-0.1, -0.05) is 29.8 Å². The summed E-state index contributed by atoms with van der Waals surface area (Å²) in [6.07, 6.45) is 2.76. The molecule has 0 radical (unpaired) electrons. The zero-order chi connectivity index (χ0) is 13.4. The fourth-order valence-corrected chi connectivity index (χ4v) is 2.07. The zero-order valence-electron chi connectivity index (χ0n) is 11.9. The van der Waals surface area contributed by atoms with E-state index >= 15 is 0 Å². The maximum absolute atomic E-state index is 5.52. The van der Waals surface area contributed by atoms with Gasteiger partial charge in [0.15, 0.2) is 6.29 Å². The van der Waals surface area contributed by atoms with Crippen molar-refractivity contribution in [2.24, 2.45) is 0 Å². The Labute approximate surface area is 129 Å². The fraction of sp³-hybridized carbons (Fsp3) is 0.467. The van der Waals surface area contributed by atoms with Crippen molar-refractivity contribution < 1.29 is 9.47 Å². The van der Waals surface area contributed by atoms with Gasteiger partial charge in [-0.15, -0.1) is 26.2 Å². The molecule has 0 saturated carbocycles. The summed E-state index contributed by atoms with van der Waals surface area (Å²) in [5.41, 5.74) is 2.58. The quantitative estimate of drug-likeness (QED) is 0.426. The van der Waals surface area contributed by atoms with Crippen molar-refractivity contribution in [3.63, 3.8) is 0 Å². The maximum Gasteiger partial charge on any atom is 0.177 e. The summed E-state index contributed by atoms with van der Waals surface area (Å²) in [7, 11) is 2.77. The molecule has 0 fully saturated rings. The number of hydrogen-bond acceptors (Lipinski definition) is 2. The van der Waals surface area contributed by atoms with Gasteiger partial charge in [0.1, 0.15) is 0 Å². The van der Waals surface area contributed by atoms with Crippen LogP contribution in [0.3, 0.4) is 0 Å². The van der Waals surface area contributed by atoms with E-state index in [-0.39, 0.29) is 23.3 Å². The molecule has 0 saturated heterocycles. The molecule has 1 unspecified atom stereocenters. The Morgan fingerprint density at radius 1 is 1.21 bits per heavy atom. The Morgan fingerprint density at radius 2 is 1.79 bits per heavy atom. The summed E-state index contributed by atoms with van der Waals surface area (Å²) in [5.74, 6) is 0. The Bertz CT molecular complexity index is 387. The molecule has 0 heterocycles. The monoisotopic (exact) mass is 346 g/mol. The van der Waals surface area contributed by atoms with E-state index in [1.165, 1.54) is 16.4 Å². The van der Waals surface area contributed by atoms with Crippen LogP contribution in [0.1, 0.15) is 26.3 Å². The molecule has 19 heavy (non-hydrogen) atoms. The molecule has 0 aliphatic carbocycles. The van der Waals surface area contributed by atoms with Crippen LogP contribution in [0.25, 0.3) is 0 Å². The van der Waals surface area contributed by atoms with Gasteiger partial charge in [-0.3, -0.25) is 0 Å². The van der Waals surface area contributed by atoms with Crippen LogP contribution in [0.4, 0.5) is 0 Å². The van der Waals surface area contributed by atoms with Crippen LogP contribution in [0.15, 0.2) is 35.9 Å². The topological polar surface area (TPSA) is 18.5 Å². The normalized spacial score (nSPS) is 11.5. The minimum Gasteiger partial charge on any atom is -0.349 e. The van der Waals surface area contributed by atoms with Crippen LogP contribution in [0.5, 0.6) is 0 Å². The Kier molecular flexibility index (Phi) is 10.4. The Balaban J connectivity index is 0.00000324. The zero-order valence-corrected chi connectivity index (χ0v) is 14.8. The summed E-state index contributed by atoms with van der Waals surface area (Å²) in [5, 5.41) is 1.25. The van der Waals surface area contributed by atoms with Crippen LogP contribution >= 0.6 is 26.2 Å². The summed E-state index contributed by atoms with van der Waals surface area (Å²) < 4.78 is 11.0. The van der Waals surface area contributed by atoms with Crippen molar-refractivity contribution in [1.29, 1.82) is 0 Å². The molecule has 1 atom stereocenters. The molecule has 4 heteroatoms. The van der Waals surface area contributed by atoms with Crippen molar-refractivity contribution in [3.05, 3.63) is 41.5 Å². The van der Waals surface area contributed by atoms with Crippen LogP contribution in [-0.4, -0.2) is 19.5 Å². The van der Waals surface area contributed by atoms with E-state index in [0.29, 0.717) is 13.2 Å². The van der Waals surface area contributed by atoms with E-state index < -0.39 is 0 Å². The number of rotatable bonds is 7. The molecular formula is C15H24BrO2P. The summed E-state index contributed by atoms with van der Waals surface area (Å²) in [4.78, 5) is 0. The van der Waals surface area contributed by atoms with Crippen molar-refractivity contribution in [1.82, 2.24) is 0 Å². The van der Waals surface area contributed by atoms with Crippen LogP contribution in [-0.2, 0) is 15.9 Å². The van der Waals surface area contributed by atoms with Gasteiger partial charge in [-0.2, -0.15) is 0 Å². The Hall–Kier alpha value is -0.210. The molecule has 1 rings (SSSR count). The SMILES string of the molecule is Br.CCOC(C=C(C)Cc1ccccc1P)OCC. The van der Waals surface area contributed by atoms with Gasteiger partial charge in [-0.05, 0) is 44.1 Å². The fourth-order valence-electron chi connectivity index (χ4n) is 1.76. The number of halogens is 1. The third-order valence-electron chi connectivity index (χ3n) is 2.61. The predicted molar refractivity (Wildman–Crippen MR) is 90.6 cm³/mol. The second-order valence-electron chi connectivity index (χ2n) is 4.17. The number of hydrogen-bond donors (Lipinski definition) is 0. The number of allylic oxidation sites excluding steroid dienone is 1. The summed E-state index contributed by atoms with van der Waals surface area (Å²) in [6.45, 7) is 7.39. The molecule has 1 aromatic rings. The molecule has 0 aliphatic rings. The molecule has 0 aromatic heterocycles. The lowest BCUT2D eigenvalue weighted by Crippen LogP contribution is -2.15. The van der Waals surface area contributed by atoms with Crippen molar-refractivity contribution >= 4 is 31.5 Å². The molecule has 0 N–H and O–H groups in total. The lowest BCUT2D eigenvalue weighted by atomic mass is 10.1. The first-order valence-electron chi connectivity index (χ1n) is 6.41. The highest BCUT2D eigenvalue weighted by molar-refractivity contribution is 8.93. The van der Waals surface area contributed by atoms with Crippen LogP contribution < -0.4 is 5.30 Å². The van der Waals surface area contributed by atoms with Gasteiger partial charge in [-0.25, -0.2) is 0 Å². The van der Waals surface area contributed by atoms with Crippen LogP contribution in [0, 0.1) is 0 Å². The highest BCUT2D eigenvalue weighted by Gasteiger charge is 2.05. The van der Waals surface area contributed by atoms with Gasteiger partial charge >= 0.3 is 0 Å². The first-order valence-corrected chi connectivity index (χ1v) is 6.99. The third-order valence-corrected chi connectivity index (χ3v) is 3.17. The highest BCUT2D eigenvalue weighted by Crippen LogP contribution is 2.10. The minimum atomic E-state index is -0.225. The second-order valence-corrected chi connectivity index (χ2v) is 4.79. The van der Waals surface area contributed by atoms with E-state index in [9.17, 15) is 0 Å². The van der Waals surface area contributed by atoms with E-state index in [0.717, 1.165) is 6.42 Å². The standard InChI is InChI=1S/C15H23O2P.BrH/c1-4-16-15(17-5-2)11-12(3)10-13-8-6-7-9-14(13)18;/h6-9,11,15H,4-5,10,18H2,1-3H3;1H. The van der Waals surface area contributed by atoms with Crippen molar-refractivity contribution in [3.8, 4) is 0 Å². The third kappa shape index (κ3) is 7.22. The molecule has 108 valence electrons. The summed E-state index contributed by atoms with van der Waals surface area (Å²) in [6, 6.07) is 8.37. The van der Waals surface area contributed by atoms with Gasteiger partial charge in [0.05, 0.1) is 0 Å². The van der Waals surface area contributed by atoms with Crippen LogP contribution in [0.2, 0.25) is 0 Å². The molecule has 2 nitrogen and oxygen atoms in total. The molecule has 1 aromatic carbocycles. The number of benzene rings is 1. The largest absolute Gasteiger partial charge is 0.349 e. The van der Waals surface area contributed by atoms with E-state index in [4.69, 9.17) is 9.47 Å². The van der Waals surface area contributed by atoms with E-state index in [1.54, 1.807) is 0 Å². The first kappa shape index (κ1) is 18.8. The van der Waals surface area contributed by atoms with Gasteiger partial charge in [0, 0.05) is 13.2 Å². The lowest BCUT2D eigenvalue weighted by Gasteiger charge is -2.14. The molecular weight excluding hydrogens is 323 g/mol. The predicted octanol–water partition coefficient (Wildman–Crippen LogP) is 3.65. The van der Waals surface area contributed by atoms with Crippen molar-refractivity contribution in [2.75, 3.05) is 13.2 Å². The Morgan fingerprint density at radius 3 is 2.32 bits per heavy atom. The molecule has 0 amide bonds. The minimum absolute atomic E-state index is 0. The van der Waals surface area contributed by atoms with Gasteiger partial charge in [0.2, 0.25) is 0 Å². The summed E-state index contributed by atoms with van der Waals surface area (Å²) >= 11 is 0.